The molecule has 0 N–H and O–H groups in total. The van der Waals surface area contributed by atoms with Gasteiger partial charge in [-0.05, 0) is 27.7 Å². The molecule has 1 aromatic heterocycles. The number of nitrogens with zero attached hydrogens (tertiary/aromatic N) is 3. The highest BCUT2D eigenvalue weighted by atomic mass is 35.5. The Hall–Kier alpha value is -0.610. The number of hydrogen-bond acceptors (Lipinski definition) is 3. The SMILES string of the molecule is CC1(C)CC(n2ncnc2CCl)C(C)(C)O1. The van der Waals surface area contributed by atoms with Crippen LogP contribution in [-0.2, 0) is 10.6 Å². The Labute approximate surface area is 101 Å². The van der Waals surface area contributed by atoms with Gasteiger partial charge in [0, 0.05) is 6.42 Å². The molecular weight excluding hydrogens is 226 g/mol. The number of halogens is 1. The molecule has 1 saturated heterocycles. The second-order valence-corrected chi connectivity index (χ2v) is 5.71. The van der Waals surface area contributed by atoms with Crippen LogP contribution in [0, 0.1) is 0 Å². The standard InChI is InChI=1S/C11H18ClN3O/c1-10(2)5-8(11(3,4)16-10)15-9(6-12)13-7-14-15/h7-8H,5-6H2,1-4H3. The highest BCUT2D eigenvalue weighted by molar-refractivity contribution is 6.16. The van der Waals surface area contributed by atoms with Crippen molar-refractivity contribution in [2.75, 3.05) is 0 Å². The van der Waals surface area contributed by atoms with Gasteiger partial charge in [-0.2, -0.15) is 5.10 Å². The van der Waals surface area contributed by atoms with E-state index in [-0.39, 0.29) is 17.2 Å². The van der Waals surface area contributed by atoms with E-state index in [9.17, 15) is 0 Å². The summed E-state index contributed by atoms with van der Waals surface area (Å²) in [5.74, 6) is 1.19. The quantitative estimate of drug-likeness (QED) is 0.750. The van der Waals surface area contributed by atoms with E-state index in [1.807, 2.05) is 4.68 Å². The molecule has 1 aliphatic heterocycles. The zero-order valence-electron chi connectivity index (χ0n) is 10.2. The van der Waals surface area contributed by atoms with Gasteiger partial charge >= 0.3 is 0 Å². The summed E-state index contributed by atoms with van der Waals surface area (Å²) in [4.78, 5) is 4.16. The number of hydrogen-bond donors (Lipinski definition) is 0. The summed E-state index contributed by atoms with van der Waals surface area (Å²) in [7, 11) is 0. The molecule has 90 valence electrons. The predicted octanol–water partition coefficient (Wildman–Crippen LogP) is 2.54. The monoisotopic (exact) mass is 243 g/mol. The fraction of sp³-hybridized carbons (Fsp3) is 0.818. The van der Waals surface area contributed by atoms with Crippen molar-refractivity contribution in [3.63, 3.8) is 0 Å². The van der Waals surface area contributed by atoms with Crippen LogP contribution >= 0.6 is 11.6 Å². The summed E-state index contributed by atoms with van der Waals surface area (Å²) in [6.07, 6.45) is 2.48. The molecule has 2 heterocycles. The lowest BCUT2D eigenvalue weighted by Gasteiger charge is -2.27. The van der Waals surface area contributed by atoms with Crippen molar-refractivity contribution in [2.45, 2.75) is 57.2 Å². The summed E-state index contributed by atoms with van der Waals surface area (Å²) in [6.45, 7) is 8.39. The van der Waals surface area contributed by atoms with Crippen molar-refractivity contribution < 1.29 is 4.74 Å². The molecule has 1 atom stereocenters. The van der Waals surface area contributed by atoms with Gasteiger partial charge < -0.3 is 4.74 Å². The largest absolute Gasteiger partial charge is 0.367 e. The number of ether oxygens (including phenoxy) is 1. The van der Waals surface area contributed by atoms with Gasteiger partial charge in [0.15, 0.2) is 0 Å². The van der Waals surface area contributed by atoms with E-state index in [0.29, 0.717) is 5.88 Å². The molecule has 4 nitrogen and oxygen atoms in total. The molecule has 0 aliphatic carbocycles. The molecule has 0 saturated carbocycles. The molecule has 1 unspecified atom stereocenters. The van der Waals surface area contributed by atoms with Crippen LogP contribution in [0.25, 0.3) is 0 Å². The minimum Gasteiger partial charge on any atom is -0.367 e. The lowest BCUT2D eigenvalue weighted by molar-refractivity contribution is -0.0739. The fourth-order valence-corrected chi connectivity index (χ4v) is 2.74. The molecule has 0 aromatic carbocycles. The lowest BCUT2D eigenvalue weighted by Crippen LogP contribution is -2.32. The Morgan fingerprint density at radius 3 is 2.69 bits per heavy atom. The van der Waals surface area contributed by atoms with E-state index in [0.717, 1.165) is 12.2 Å². The maximum atomic E-state index is 6.04. The zero-order valence-corrected chi connectivity index (χ0v) is 11.0. The summed E-state index contributed by atoms with van der Waals surface area (Å²) in [6, 6.07) is 0.193. The van der Waals surface area contributed by atoms with Gasteiger partial charge in [0.2, 0.25) is 0 Å². The zero-order chi connectivity index (χ0) is 12.0. The summed E-state index contributed by atoms with van der Waals surface area (Å²) in [5, 5.41) is 4.27. The first kappa shape index (κ1) is 11.9. The first-order valence-electron chi connectivity index (χ1n) is 5.50. The number of alkyl halides is 1. The van der Waals surface area contributed by atoms with Crippen LogP contribution in [0.4, 0.5) is 0 Å². The predicted molar refractivity (Wildman–Crippen MR) is 62.5 cm³/mol. The first-order valence-corrected chi connectivity index (χ1v) is 6.04. The molecule has 0 amide bonds. The highest BCUT2D eigenvalue weighted by Crippen LogP contribution is 2.44. The van der Waals surface area contributed by atoms with Crippen molar-refractivity contribution in [2.24, 2.45) is 0 Å². The molecule has 16 heavy (non-hydrogen) atoms. The third kappa shape index (κ3) is 1.96. The van der Waals surface area contributed by atoms with Crippen LogP contribution in [0.2, 0.25) is 0 Å². The average molecular weight is 244 g/mol. The van der Waals surface area contributed by atoms with E-state index >= 15 is 0 Å². The third-order valence-corrected chi connectivity index (χ3v) is 3.33. The van der Waals surface area contributed by atoms with Crippen LogP contribution < -0.4 is 0 Å². The van der Waals surface area contributed by atoms with Crippen LogP contribution in [0.3, 0.4) is 0 Å². The van der Waals surface area contributed by atoms with E-state index in [2.05, 4.69) is 37.8 Å². The van der Waals surface area contributed by atoms with Gasteiger partial charge in [0.25, 0.3) is 0 Å². The minimum absolute atomic E-state index is 0.121. The maximum Gasteiger partial charge on any atom is 0.142 e. The summed E-state index contributed by atoms with van der Waals surface area (Å²) in [5.41, 5.74) is -0.359. The van der Waals surface area contributed by atoms with Crippen molar-refractivity contribution in [3.8, 4) is 0 Å². The van der Waals surface area contributed by atoms with Gasteiger partial charge in [-0.15, -0.1) is 11.6 Å². The van der Waals surface area contributed by atoms with E-state index in [4.69, 9.17) is 16.3 Å². The Morgan fingerprint density at radius 2 is 2.19 bits per heavy atom. The lowest BCUT2D eigenvalue weighted by atomic mass is 9.94. The molecule has 1 aliphatic rings. The van der Waals surface area contributed by atoms with E-state index in [1.165, 1.54) is 0 Å². The van der Waals surface area contributed by atoms with Crippen molar-refractivity contribution >= 4 is 11.6 Å². The molecule has 0 bridgehead atoms. The molecular formula is C11H18ClN3O. The highest BCUT2D eigenvalue weighted by Gasteiger charge is 2.47. The van der Waals surface area contributed by atoms with Crippen molar-refractivity contribution in [1.29, 1.82) is 0 Å². The third-order valence-electron chi connectivity index (χ3n) is 3.09. The van der Waals surface area contributed by atoms with Gasteiger partial charge in [-0.25, -0.2) is 9.67 Å². The topological polar surface area (TPSA) is 39.9 Å². The Balaban J connectivity index is 2.34. The van der Waals surface area contributed by atoms with Gasteiger partial charge in [0.1, 0.15) is 12.2 Å². The van der Waals surface area contributed by atoms with Crippen molar-refractivity contribution in [1.82, 2.24) is 14.8 Å². The van der Waals surface area contributed by atoms with Crippen LogP contribution in [-0.4, -0.2) is 26.0 Å². The molecule has 0 radical (unpaired) electrons. The average Bonchev–Trinajstić information content (AvgIpc) is 2.66. The normalized spacial score (nSPS) is 27.2. The fourth-order valence-electron chi connectivity index (χ4n) is 2.54. The van der Waals surface area contributed by atoms with E-state index < -0.39 is 0 Å². The maximum absolute atomic E-state index is 6.04. The van der Waals surface area contributed by atoms with Crippen LogP contribution in [0.1, 0.15) is 46.0 Å². The summed E-state index contributed by atoms with van der Waals surface area (Å²) < 4.78 is 7.94. The van der Waals surface area contributed by atoms with Gasteiger partial charge in [0.05, 0.1) is 23.1 Å². The molecule has 0 spiro atoms. The number of aromatic nitrogens is 3. The number of rotatable bonds is 2. The molecule has 2 rings (SSSR count). The smallest absolute Gasteiger partial charge is 0.142 e. The Kier molecular flexibility index (Phi) is 2.75. The van der Waals surface area contributed by atoms with Crippen LogP contribution in [0.5, 0.6) is 0 Å². The van der Waals surface area contributed by atoms with Crippen LogP contribution in [0.15, 0.2) is 6.33 Å². The minimum atomic E-state index is -0.238. The second kappa shape index (κ2) is 3.70. The van der Waals surface area contributed by atoms with Gasteiger partial charge in [-0.1, -0.05) is 0 Å². The van der Waals surface area contributed by atoms with E-state index in [1.54, 1.807) is 6.33 Å². The summed E-state index contributed by atoms with van der Waals surface area (Å²) >= 11 is 5.85. The molecule has 5 heteroatoms. The molecule has 1 fully saturated rings. The van der Waals surface area contributed by atoms with Crippen molar-refractivity contribution in [3.05, 3.63) is 12.2 Å². The Morgan fingerprint density at radius 1 is 1.50 bits per heavy atom. The first-order chi connectivity index (χ1) is 7.36. The Bertz CT molecular complexity index is 386. The van der Waals surface area contributed by atoms with Gasteiger partial charge in [-0.3, -0.25) is 0 Å². The molecule has 1 aromatic rings. The second-order valence-electron chi connectivity index (χ2n) is 5.44.